The van der Waals surface area contributed by atoms with Crippen molar-refractivity contribution in [2.75, 3.05) is 0 Å². The number of aryl methyl sites for hydroxylation is 2. The van der Waals surface area contributed by atoms with Crippen LogP contribution in [-0.4, -0.2) is 10.9 Å². The molecule has 0 radical (unpaired) electrons. The molecule has 0 amide bonds. The molecule has 3 aromatic rings. The summed E-state index contributed by atoms with van der Waals surface area (Å²) in [6.45, 7) is 3.86. The van der Waals surface area contributed by atoms with Gasteiger partial charge in [0.05, 0.1) is 4.92 Å². The van der Waals surface area contributed by atoms with Gasteiger partial charge in [-0.05, 0) is 48.7 Å². The average molecular weight is 347 g/mol. The topological polar surface area (TPSA) is 69.4 Å². The third kappa shape index (κ3) is 3.62. The first kappa shape index (κ1) is 17.4. The Bertz CT molecular complexity index is 978. The Balaban J connectivity index is 1.86. The van der Waals surface area contributed by atoms with Gasteiger partial charge in [-0.15, -0.1) is 0 Å². The molecule has 0 bridgehead atoms. The van der Waals surface area contributed by atoms with Crippen LogP contribution in [0.25, 0.3) is 11.1 Å². The zero-order valence-corrected chi connectivity index (χ0v) is 14.4. The van der Waals surface area contributed by atoms with E-state index in [0.29, 0.717) is 5.75 Å². The van der Waals surface area contributed by atoms with Crippen molar-refractivity contribution in [2.24, 2.45) is 0 Å². The molecular formula is C21H17NO4. The van der Waals surface area contributed by atoms with Gasteiger partial charge < -0.3 is 4.74 Å². The number of hydrogen-bond acceptors (Lipinski definition) is 4. The number of rotatable bonds is 4. The van der Waals surface area contributed by atoms with Crippen LogP contribution in [0.1, 0.15) is 21.5 Å². The van der Waals surface area contributed by atoms with E-state index in [4.69, 9.17) is 4.74 Å². The van der Waals surface area contributed by atoms with Gasteiger partial charge in [0, 0.05) is 6.07 Å². The summed E-state index contributed by atoms with van der Waals surface area (Å²) in [6.07, 6.45) is 0. The highest BCUT2D eigenvalue weighted by molar-refractivity contribution is 5.95. The fourth-order valence-corrected chi connectivity index (χ4v) is 2.65. The van der Waals surface area contributed by atoms with Gasteiger partial charge in [0.2, 0.25) is 0 Å². The second kappa shape index (κ2) is 7.19. The lowest BCUT2D eigenvalue weighted by Gasteiger charge is -2.10. The summed E-state index contributed by atoms with van der Waals surface area (Å²) in [6, 6.07) is 19.4. The highest BCUT2D eigenvalue weighted by Crippen LogP contribution is 2.28. The normalized spacial score (nSPS) is 10.4. The van der Waals surface area contributed by atoms with Crippen LogP contribution in [0.15, 0.2) is 66.7 Å². The third-order valence-electron chi connectivity index (χ3n) is 4.08. The second-order valence-corrected chi connectivity index (χ2v) is 6.01. The van der Waals surface area contributed by atoms with Crippen molar-refractivity contribution in [1.82, 2.24) is 0 Å². The van der Waals surface area contributed by atoms with Crippen molar-refractivity contribution >= 4 is 11.7 Å². The molecule has 5 heteroatoms. The number of benzene rings is 3. The number of para-hydroxylation sites is 1. The zero-order valence-electron chi connectivity index (χ0n) is 14.4. The predicted octanol–water partition coefficient (Wildman–Crippen LogP) is 5.10. The SMILES string of the molecule is Cc1ccc(-c2ccc(OC(=O)c3ccccc3[N+](=O)[O-])c(C)c2)cc1. The molecule has 0 unspecified atom stereocenters. The Kier molecular flexibility index (Phi) is 4.80. The van der Waals surface area contributed by atoms with E-state index in [9.17, 15) is 14.9 Å². The van der Waals surface area contributed by atoms with Crippen LogP contribution in [0.5, 0.6) is 5.75 Å². The summed E-state index contributed by atoms with van der Waals surface area (Å²) >= 11 is 0. The third-order valence-corrected chi connectivity index (χ3v) is 4.08. The van der Waals surface area contributed by atoms with Crippen LogP contribution in [0.3, 0.4) is 0 Å². The molecular weight excluding hydrogens is 330 g/mol. The van der Waals surface area contributed by atoms with E-state index in [1.807, 2.05) is 50.2 Å². The maximum Gasteiger partial charge on any atom is 0.350 e. The molecule has 130 valence electrons. The van der Waals surface area contributed by atoms with Crippen LogP contribution in [-0.2, 0) is 0 Å². The molecule has 3 aromatic carbocycles. The molecule has 3 rings (SSSR count). The lowest BCUT2D eigenvalue weighted by molar-refractivity contribution is -0.385. The number of nitro benzene ring substituents is 1. The van der Waals surface area contributed by atoms with Gasteiger partial charge in [-0.3, -0.25) is 10.1 Å². The van der Waals surface area contributed by atoms with Crippen molar-refractivity contribution in [3.63, 3.8) is 0 Å². The first-order valence-electron chi connectivity index (χ1n) is 8.09. The molecule has 5 nitrogen and oxygen atoms in total. The zero-order chi connectivity index (χ0) is 18.7. The predicted molar refractivity (Wildman–Crippen MR) is 99.4 cm³/mol. The molecule has 0 aliphatic heterocycles. The number of esters is 1. The minimum atomic E-state index is -0.747. The molecule has 0 saturated heterocycles. The molecule has 0 aliphatic carbocycles. The van der Waals surface area contributed by atoms with Crippen LogP contribution < -0.4 is 4.74 Å². The molecule has 0 aliphatic rings. The molecule has 0 saturated carbocycles. The van der Waals surface area contributed by atoms with Crippen LogP contribution in [0, 0.1) is 24.0 Å². The number of carbonyl (C=O) groups excluding carboxylic acids is 1. The summed E-state index contributed by atoms with van der Waals surface area (Å²) in [4.78, 5) is 22.8. The van der Waals surface area contributed by atoms with Crippen LogP contribution in [0.2, 0.25) is 0 Å². The highest BCUT2D eigenvalue weighted by Gasteiger charge is 2.21. The van der Waals surface area contributed by atoms with Crippen molar-refractivity contribution in [2.45, 2.75) is 13.8 Å². The number of nitro groups is 1. The standard InChI is InChI=1S/C21H17NO4/c1-14-7-9-16(10-8-14)17-11-12-20(15(2)13-17)26-21(23)18-5-3-4-6-19(18)22(24)25/h3-13H,1-2H3. The Hall–Kier alpha value is -3.47. The van der Waals surface area contributed by atoms with Crippen molar-refractivity contribution in [3.05, 3.63) is 93.5 Å². The molecule has 0 atom stereocenters. The number of carbonyl (C=O) groups is 1. The highest BCUT2D eigenvalue weighted by atomic mass is 16.6. The molecule has 26 heavy (non-hydrogen) atoms. The largest absolute Gasteiger partial charge is 0.422 e. The van der Waals surface area contributed by atoms with Gasteiger partial charge in [0.1, 0.15) is 11.3 Å². The van der Waals surface area contributed by atoms with E-state index in [-0.39, 0.29) is 11.3 Å². The fraction of sp³-hybridized carbons (Fsp3) is 0.0952. The second-order valence-electron chi connectivity index (χ2n) is 6.01. The quantitative estimate of drug-likeness (QED) is 0.285. The summed E-state index contributed by atoms with van der Waals surface area (Å²) in [5.41, 5.74) is 3.68. The maximum atomic E-state index is 12.4. The van der Waals surface area contributed by atoms with E-state index in [1.54, 1.807) is 12.1 Å². The molecule has 0 heterocycles. The summed E-state index contributed by atoms with van der Waals surface area (Å²) in [7, 11) is 0. The van der Waals surface area contributed by atoms with E-state index < -0.39 is 10.9 Å². The summed E-state index contributed by atoms with van der Waals surface area (Å²) in [5, 5.41) is 11.1. The Morgan fingerprint density at radius 3 is 2.23 bits per heavy atom. The van der Waals surface area contributed by atoms with Gasteiger partial charge in [-0.25, -0.2) is 4.79 Å². The smallest absolute Gasteiger partial charge is 0.350 e. The monoisotopic (exact) mass is 347 g/mol. The number of nitrogens with zero attached hydrogens (tertiary/aromatic N) is 1. The molecule has 0 spiro atoms. The van der Waals surface area contributed by atoms with Gasteiger partial charge in [0.25, 0.3) is 5.69 Å². The lowest BCUT2D eigenvalue weighted by atomic mass is 10.0. The molecule has 0 N–H and O–H groups in total. The maximum absolute atomic E-state index is 12.4. The number of ether oxygens (including phenoxy) is 1. The lowest BCUT2D eigenvalue weighted by Crippen LogP contribution is -2.11. The van der Waals surface area contributed by atoms with Crippen LogP contribution >= 0.6 is 0 Å². The fourth-order valence-electron chi connectivity index (χ4n) is 2.65. The van der Waals surface area contributed by atoms with Gasteiger partial charge in [0.15, 0.2) is 0 Å². The minimum Gasteiger partial charge on any atom is -0.422 e. The first-order chi connectivity index (χ1) is 12.5. The Morgan fingerprint density at radius 2 is 1.58 bits per heavy atom. The van der Waals surface area contributed by atoms with Crippen LogP contribution in [0.4, 0.5) is 5.69 Å². The summed E-state index contributed by atoms with van der Waals surface area (Å²) < 4.78 is 5.39. The van der Waals surface area contributed by atoms with Gasteiger partial charge in [-0.1, -0.05) is 48.0 Å². The molecule has 0 fully saturated rings. The van der Waals surface area contributed by atoms with Crippen molar-refractivity contribution in [3.8, 4) is 16.9 Å². The number of hydrogen-bond donors (Lipinski definition) is 0. The Labute approximate surface area is 151 Å². The first-order valence-corrected chi connectivity index (χ1v) is 8.09. The van der Waals surface area contributed by atoms with Gasteiger partial charge in [-0.2, -0.15) is 0 Å². The van der Waals surface area contributed by atoms with Gasteiger partial charge >= 0.3 is 5.97 Å². The van der Waals surface area contributed by atoms with Crippen molar-refractivity contribution in [1.29, 1.82) is 0 Å². The van der Waals surface area contributed by atoms with E-state index in [1.165, 1.54) is 23.8 Å². The van der Waals surface area contributed by atoms with Crippen molar-refractivity contribution < 1.29 is 14.5 Å². The van der Waals surface area contributed by atoms with E-state index in [2.05, 4.69) is 0 Å². The minimum absolute atomic E-state index is 0.0699. The Morgan fingerprint density at radius 1 is 0.923 bits per heavy atom. The molecule has 0 aromatic heterocycles. The average Bonchev–Trinajstić information content (AvgIpc) is 2.64. The van der Waals surface area contributed by atoms with E-state index >= 15 is 0 Å². The van der Waals surface area contributed by atoms with E-state index in [0.717, 1.165) is 16.7 Å². The summed E-state index contributed by atoms with van der Waals surface area (Å²) in [5.74, 6) is -0.368.